The Balaban J connectivity index is 2.46. The molecule has 0 unspecified atom stereocenters. The second-order valence-corrected chi connectivity index (χ2v) is 3.70. The Morgan fingerprint density at radius 2 is 2.12 bits per heavy atom. The summed E-state index contributed by atoms with van der Waals surface area (Å²) in [6.45, 7) is 2.28. The van der Waals surface area contributed by atoms with Crippen molar-refractivity contribution in [1.82, 2.24) is 0 Å². The molecule has 0 fully saturated rings. The minimum atomic E-state index is -0.341. The molecule has 1 rings (SSSR count). The molecule has 0 saturated heterocycles. The SMILES string of the molecule is COc1cccc(C(=O)OCC[C@H](C)OC)c1. The highest BCUT2D eigenvalue weighted by molar-refractivity contribution is 5.89. The molecule has 1 aromatic carbocycles. The third-order valence-electron chi connectivity index (χ3n) is 2.47. The highest BCUT2D eigenvalue weighted by Crippen LogP contribution is 2.13. The minimum Gasteiger partial charge on any atom is -0.497 e. The van der Waals surface area contributed by atoms with E-state index in [-0.39, 0.29) is 12.1 Å². The van der Waals surface area contributed by atoms with Gasteiger partial charge in [0.05, 0.1) is 25.4 Å². The van der Waals surface area contributed by atoms with Crippen LogP contribution >= 0.6 is 0 Å². The molecule has 0 aromatic heterocycles. The number of hydrogen-bond acceptors (Lipinski definition) is 4. The van der Waals surface area contributed by atoms with Crippen molar-refractivity contribution in [1.29, 1.82) is 0 Å². The Hall–Kier alpha value is -1.55. The fraction of sp³-hybridized carbons (Fsp3) is 0.462. The van der Waals surface area contributed by atoms with E-state index in [0.29, 0.717) is 24.3 Å². The Morgan fingerprint density at radius 3 is 2.76 bits per heavy atom. The van der Waals surface area contributed by atoms with E-state index in [0.717, 1.165) is 0 Å². The van der Waals surface area contributed by atoms with Crippen molar-refractivity contribution >= 4 is 5.97 Å². The molecule has 94 valence electrons. The van der Waals surface area contributed by atoms with Gasteiger partial charge in [0.1, 0.15) is 5.75 Å². The first-order valence-corrected chi connectivity index (χ1v) is 5.51. The van der Waals surface area contributed by atoms with Crippen molar-refractivity contribution in [2.45, 2.75) is 19.4 Å². The fourth-order valence-electron chi connectivity index (χ4n) is 1.27. The number of hydrogen-bond donors (Lipinski definition) is 0. The van der Waals surface area contributed by atoms with Crippen LogP contribution in [-0.4, -0.2) is 32.9 Å². The van der Waals surface area contributed by atoms with Crippen LogP contribution in [-0.2, 0) is 9.47 Å². The van der Waals surface area contributed by atoms with Gasteiger partial charge < -0.3 is 14.2 Å². The molecule has 0 aliphatic rings. The van der Waals surface area contributed by atoms with Crippen molar-refractivity contribution in [3.8, 4) is 5.75 Å². The highest BCUT2D eigenvalue weighted by Gasteiger charge is 2.08. The number of carbonyl (C=O) groups is 1. The van der Waals surface area contributed by atoms with Gasteiger partial charge in [-0.15, -0.1) is 0 Å². The maximum Gasteiger partial charge on any atom is 0.338 e. The molecule has 0 aliphatic carbocycles. The van der Waals surface area contributed by atoms with Crippen LogP contribution < -0.4 is 4.74 Å². The second kappa shape index (κ2) is 6.91. The summed E-state index contributed by atoms with van der Waals surface area (Å²) in [5.74, 6) is 0.303. The molecule has 0 spiro atoms. The predicted octanol–water partition coefficient (Wildman–Crippen LogP) is 2.28. The van der Waals surface area contributed by atoms with Gasteiger partial charge in [0.2, 0.25) is 0 Å². The number of rotatable bonds is 6. The number of benzene rings is 1. The van der Waals surface area contributed by atoms with Gasteiger partial charge in [0.15, 0.2) is 0 Å². The minimum absolute atomic E-state index is 0.0908. The van der Waals surface area contributed by atoms with Gasteiger partial charge in [-0.25, -0.2) is 4.79 Å². The van der Waals surface area contributed by atoms with E-state index < -0.39 is 0 Å². The predicted molar refractivity (Wildman–Crippen MR) is 64.4 cm³/mol. The molecule has 0 aliphatic heterocycles. The average molecular weight is 238 g/mol. The Morgan fingerprint density at radius 1 is 1.35 bits per heavy atom. The van der Waals surface area contributed by atoms with E-state index in [1.807, 2.05) is 6.92 Å². The monoisotopic (exact) mass is 238 g/mol. The van der Waals surface area contributed by atoms with Crippen molar-refractivity contribution in [3.05, 3.63) is 29.8 Å². The van der Waals surface area contributed by atoms with Gasteiger partial charge in [-0.1, -0.05) is 6.07 Å². The molecule has 17 heavy (non-hydrogen) atoms. The van der Waals surface area contributed by atoms with Crippen molar-refractivity contribution in [2.24, 2.45) is 0 Å². The van der Waals surface area contributed by atoms with Crippen LogP contribution in [0, 0.1) is 0 Å². The summed E-state index contributed by atoms with van der Waals surface area (Å²) in [6.07, 6.45) is 0.778. The van der Waals surface area contributed by atoms with Gasteiger partial charge >= 0.3 is 5.97 Å². The number of methoxy groups -OCH3 is 2. The molecule has 0 radical (unpaired) electrons. The first-order valence-electron chi connectivity index (χ1n) is 5.51. The summed E-state index contributed by atoms with van der Waals surface area (Å²) in [5, 5.41) is 0. The van der Waals surface area contributed by atoms with E-state index >= 15 is 0 Å². The first kappa shape index (κ1) is 13.5. The van der Waals surface area contributed by atoms with E-state index in [9.17, 15) is 4.79 Å². The van der Waals surface area contributed by atoms with Crippen LogP contribution in [0.25, 0.3) is 0 Å². The normalized spacial score (nSPS) is 11.9. The lowest BCUT2D eigenvalue weighted by molar-refractivity contribution is 0.0390. The molecule has 0 amide bonds. The smallest absolute Gasteiger partial charge is 0.338 e. The first-order chi connectivity index (χ1) is 8.17. The maximum absolute atomic E-state index is 11.7. The zero-order valence-electron chi connectivity index (χ0n) is 10.4. The lowest BCUT2D eigenvalue weighted by Gasteiger charge is -2.10. The summed E-state index contributed by atoms with van der Waals surface area (Å²) in [4.78, 5) is 11.7. The van der Waals surface area contributed by atoms with E-state index in [1.54, 1.807) is 38.5 Å². The van der Waals surface area contributed by atoms with Gasteiger partial charge in [-0.3, -0.25) is 0 Å². The van der Waals surface area contributed by atoms with Crippen LogP contribution in [0.2, 0.25) is 0 Å². The Kier molecular flexibility index (Phi) is 5.49. The van der Waals surface area contributed by atoms with Crippen LogP contribution in [0.4, 0.5) is 0 Å². The molecule has 1 atom stereocenters. The lowest BCUT2D eigenvalue weighted by atomic mass is 10.2. The van der Waals surface area contributed by atoms with Crippen molar-refractivity contribution < 1.29 is 19.0 Å². The van der Waals surface area contributed by atoms with Gasteiger partial charge in [-0.05, 0) is 25.1 Å². The standard InChI is InChI=1S/C13H18O4/c1-10(15-2)7-8-17-13(14)11-5-4-6-12(9-11)16-3/h4-6,9-10H,7-8H2,1-3H3/t10-/m0/s1. The van der Waals surface area contributed by atoms with E-state index in [1.165, 1.54) is 0 Å². The van der Waals surface area contributed by atoms with Gasteiger partial charge in [0, 0.05) is 13.5 Å². The molecular weight excluding hydrogens is 220 g/mol. The largest absolute Gasteiger partial charge is 0.497 e. The summed E-state index contributed by atoms with van der Waals surface area (Å²) in [5.41, 5.74) is 0.495. The molecule has 0 N–H and O–H groups in total. The van der Waals surface area contributed by atoms with Crippen LogP contribution in [0.15, 0.2) is 24.3 Å². The molecule has 0 bridgehead atoms. The molecule has 4 heteroatoms. The molecule has 0 saturated carbocycles. The summed E-state index contributed by atoms with van der Waals surface area (Å²) in [6, 6.07) is 6.89. The Bertz CT molecular complexity index is 362. The zero-order chi connectivity index (χ0) is 12.7. The number of carbonyl (C=O) groups excluding carboxylic acids is 1. The van der Waals surface area contributed by atoms with Crippen LogP contribution in [0.1, 0.15) is 23.7 Å². The van der Waals surface area contributed by atoms with Crippen LogP contribution in [0.3, 0.4) is 0 Å². The zero-order valence-corrected chi connectivity index (χ0v) is 10.4. The second-order valence-electron chi connectivity index (χ2n) is 3.70. The molecule has 0 heterocycles. The molecular formula is C13H18O4. The third-order valence-corrected chi connectivity index (χ3v) is 2.47. The van der Waals surface area contributed by atoms with E-state index in [2.05, 4.69) is 0 Å². The van der Waals surface area contributed by atoms with Crippen molar-refractivity contribution in [2.75, 3.05) is 20.8 Å². The quantitative estimate of drug-likeness (QED) is 0.713. The molecule has 4 nitrogen and oxygen atoms in total. The van der Waals surface area contributed by atoms with Crippen molar-refractivity contribution in [3.63, 3.8) is 0 Å². The number of ether oxygens (including phenoxy) is 3. The van der Waals surface area contributed by atoms with Crippen LogP contribution in [0.5, 0.6) is 5.75 Å². The molecule has 1 aromatic rings. The highest BCUT2D eigenvalue weighted by atomic mass is 16.5. The third kappa shape index (κ3) is 4.44. The summed E-state index contributed by atoms with van der Waals surface area (Å²) in [7, 11) is 3.19. The van der Waals surface area contributed by atoms with Gasteiger partial charge in [-0.2, -0.15) is 0 Å². The summed E-state index contributed by atoms with van der Waals surface area (Å²) < 4.78 is 15.2. The lowest BCUT2D eigenvalue weighted by Crippen LogP contribution is -2.12. The topological polar surface area (TPSA) is 44.8 Å². The summed E-state index contributed by atoms with van der Waals surface area (Å²) >= 11 is 0. The fourth-order valence-corrected chi connectivity index (χ4v) is 1.27. The van der Waals surface area contributed by atoms with E-state index in [4.69, 9.17) is 14.2 Å². The Labute approximate surface area is 101 Å². The maximum atomic E-state index is 11.7. The number of esters is 1. The average Bonchev–Trinajstić information content (AvgIpc) is 2.38. The van der Waals surface area contributed by atoms with Gasteiger partial charge in [0.25, 0.3) is 0 Å².